The summed E-state index contributed by atoms with van der Waals surface area (Å²) in [4.78, 5) is 25.3. The number of rotatable bonds is 3. The van der Waals surface area contributed by atoms with Crippen molar-refractivity contribution in [2.75, 3.05) is 26.2 Å². The Morgan fingerprint density at radius 1 is 1.32 bits per heavy atom. The van der Waals surface area contributed by atoms with E-state index in [9.17, 15) is 4.79 Å². The van der Waals surface area contributed by atoms with Crippen LogP contribution in [-0.4, -0.2) is 64.1 Å². The molecule has 2 aliphatic rings. The number of nitrogens with zero attached hydrogens (tertiary/aromatic N) is 4. The predicted octanol–water partition coefficient (Wildman–Crippen LogP) is 1.49. The van der Waals surface area contributed by atoms with Crippen molar-refractivity contribution in [3.8, 4) is 0 Å². The van der Waals surface area contributed by atoms with Gasteiger partial charge in [0.15, 0.2) is 0 Å². The summed E-state index contributed by atoms with van der Waals surface area (Å²) in [7, 11) is 0. The molecule has 4 heterocycles. The SMILES string of the molecule is Cc1ccc(CN2CC[C@H]3OCCN(C(=O)c4cnccn4)[C@@H]3C2)o1. The molecule has 0 radical (unpaired) electrons. The third-order valence-electron chi connectivity index (χ3n) is 4.89. The minimum absolute atomic E-state index is 0.0352. The van der Waals surface area contributed by atoms with Gasteiger partial charge in [0.25, 0.3) is 5.91 Å². The maximum Gasteiger partial charge on any atom is 0.274 e. The average Bonchev–Trinajstić information content (AvgIpc) is 3.06. The smallest absolute Gasteiger partial charge is 0.274 e. The summed E-state index contributed by atoms with van der Waals surface area (Å²) in [6.45, 7) is 5.58. The number of hydrogen-bond acceptors (Lipinski definition) is 6. The summed E-state index contributed by atoms with van der Waals surface area (Å²) < 4.78 is 11.6. The Balaban J connectivity index is 1.48. The van der Waals surface area contributed by atoms with Crippen molar-refractivity contribution in [3.63, 3.8) is 0 Å². The Labute approximate surface area is 146 Å². The number of piperidine rings is 1. The molecule has 2 aliphatic heterocycles. The number of morpholine rings is 1. The number of carbonyl (C=O) groups excluding carboxylic acids is 1. The van der Waals surface area contributed by atoms with Crippen molar-refractivity contribution in [1.82, 2.24) is 19.8 Å². The standard InChI is InChI=1S/C18H22N4O3/c1-13-2-3-14(25-13)11-21-7-4-17-16(12-21)22(8-9-24-17)18(23)15-10-19-5-6-20-15/h2-3,5-6,10,16-17H,4,7-9,11-12H2,1H3/t16-,17-/m1/s1. The highest BCUT2D eigenvalue weighted by atomic mass is 16.5. The van der Waals surface area contributed by atoms with Gasteiger partial charge in [0.2, 0.25) is 0 Å². The molecule has 7 nitrogen and oxygen atoms in total. The third kappa shape index (κ3) is 3.43. The first-order valence-corrected chi connectivity index (χ1v) is 8.67. The first-order chi connectivity index (χ1) is 12.2. The molecule has 2 saturated heterocycles. The van der Waals surface area contributed by atoms with Gasteiger partial charge in [-0.2, -0.15) is 0 Å². The number of fused-ring (bicyclic) bond motifs is 1. The zero-order valence-corrected chi connectivity index (χ0v) is 14.3. The summed E-state index contributed by atoms with van der Waals surface area (Å²) >= 11 is 0. The molecule has 0 N–H and O–H groups in total. The molecule has 7 heteroatoms. The van der Waals surface area contributed by atoms with Crippen LogP contribution in [0.4, 0.5) is 0 Å². The molecule has 2 aromatic heterocycles. The summed E-state index contributed by atoms with van der Waals surface area (Å²) in [5.74, 6) is 1.81. The van der Waals surface area contributed by atoms with Gasteiger partial charge >= 0.3 is 0 Å². The molecular formula is C18H22N4O3. The number of aromatic nitrogens is 2. The van der Waals surface area contributed by atoms with E-state index < -0.39 is 0 Å². The van der Waals surface area contributed by atoms with E-state index in [1.807, 2.05) is 24.0 Å². The average molecular weight is 342 g/mol. The Bertz CT molecular complexity index is 733. The van der Waals surface area contributed by atoms with E-state index in [1.54, 1.807) is 12.4 Å². The van der Waals surface area contributed by atoms with Crippen LogP contribution >= 0.6 is 0 Å². The molecular weight excluding hydrogens is 320 g/mol. The van der Waals surface area contributed by atoms with Crippen LogP contribution in [-0.2, 0) is 11.3 Å². The van der Waals surface area contributed by atoms with Gasteiger partial charge in [0, 0.05) is 32.0 Å². The highest BCUT2D eigenvalue weighted by molar-refractivity contribution is 5.92. The zero-order chi connectivity index (χ0) is 17.2. The maximum atomic E-state index is 12.9. The largest absolute Gasteiger partial charge is 0.465 e. The molecule has 0 aliphatic carbocycles. The summed E-state index contributed by atoms with van der Waals surface area (Å²) in [6.07, 6.45) is 5.65. The lowest BCUT2D eigenvalue weighted by molar-refractivity contribution is -0.0921. The molecule has 0 aromatic carbocycles. The topological polar surface area (TPSA) is 71.7 Å². The van der Waals surface area contributed by atoms with Crippen LogP contribution < -0.4 is 0 Å². The molecule has 2 fully saturated rings. The molecule has 2 aromatic rings. The van der Waals surface area contributed by atoms with Crippen LogP contribution in [0.25, 0.3) is 0 Å². The molecule has 0 bridgehead atoms. The highest BCUT2D eigenvalue weighted by Gasteiger charge is 2.39. The second kappa shape index (κ2) is 6.93. The van der Waals surface area contributed by atoms with E-state index in [0.29, 0.717) is 18.8 Å². The van der Waals surface area contributed by atoms with Crippen molar-refractivity contribution < 1.29 is 13.9 Å². The second-order valence-corrected chi connectivity index (χ2v) is 6.60. The molecule has 0 unspecified atom stereocenters. The molecule has 1 amide bonds. The highest BCUT2D eigenvalue weighted by Crippen LogP contribution is 2.25. The Morgan fingerprint density at radius 3 is 3.00 bits per heavy atom. The van der Waals surface area contributed by atoms with Crippen LogP contribution in [0, 0.1) is 6.92 Å². The number of aryl methyl sites for hydroxylation is 1. The fraction of sp³-hybridized carbons (Fsp3) is 0.500. The van der Waals surface area contributed by atoms with E-state index in [1.165, 1.54) is 6.20 Å². The molecule has 2 atom stereocenters. The van der Waals surface area contributed by atoms with Crippen LogP contribution in [0.5, 0.6) is 0 Å². The lowest BCUT2D eigenvalue weighted by Gasteiger charge is -2.46. The van der Waals surface area contributed by atoms with Gasteiger partial charge in [0.05, 0.1) is 31.5 Å². The summed E-state index contributed by atoms with van der Waals surface area (Å²) in [6, 6.07) is 4.03. The van der Waals surface area contributed by atoms with Gasteiger partial charge in [0.1, 0.15) is 17.2 Å². The Kier molecular flexibility index (Phi) is 4.50. The molecule has 0 spiro atoms. The van der Waals surface area contributed by atoms with Gasteiger partial charge in [-0.15, -0.1) is 0 Å². The Hall–Kier alpha value is -2.25. The fourth-order valence-corrected chi connectivity index (χ4v) is 3.68. The number of likely N-dealkylation sites (tertiary alicyclic amines) is 1. The lowest BCUT2D eigenvalue weighted by Crippen LogP contribution is -2.61. The summed E-state index contributed by atoms with van der Waals surface area (Å²) in [5, 5.41) is 0. The van der Waals surface area contributed by atoms with Crippen molar-refractivity contribution in [2.45, 2.75) is 32.0 Å². The normalized spacial score (nSPS) is 24.1. The van der Waals surface area contributed by atoms with Crippen molar-refractivity contribution in [2.24, 2.45) is 0 Å². The lowest BCUT2D eigenvalue weighted by atomic mass is 9.98. The third-order valence-corrected chi connectivity index (χ3v) is 4.89. The van der Waals surface area contributed by atoms with Crippen LogP contribution in [0.15, 0.2) is 35.1 Å². The van der Waals surface area contributed by atoms with Gasteiger partial charge in [-0.3, -0.25) is 14.7 Å². The monoisotopic (exact) mass is 342 g/mol. The van der Waals surface area contributed by atoms with Crippen LogP contribution in [0.3, 0.4) is 0 Å². The maximum absolute atomic E-state index is 12.9. The quantitative estimate of drug-likeness (QED) is 0.842. The minimum atomic E-state index is -0.0675. The number of carbonyl (C=O) groups is 1. The van der Waals surface area contributed by atoms with Crippen molar-refractivity contribution in [3.05, 3.63) is 47.9 Å². The fourth-order valence-electron chi connectivity index (χ4n) is 3.68. The van der Waals surface area contributed by atoms with E-state index >= 15 is 0 Å². The number of hydrogen-bond donors (Lipinski definition) is 0. The van der Waals surface area contributed by atoms with E-state index in [0.717, 1.165) is 37.6 Å². The van der Waals surface area contributed by atoms with Gasteiger partial charge in [-0.1, -0.05) is 0 Å². The number of furan rings is 1. The number of ether oxygens (including phenoxy) is 1. The van der Waals surface area contributed by atoms with Crippen LogP contribution in [0.2, 0.25) is 0 Å². The summed E-state index contributed by atoms with van der Waals surface area (Å²) in [5.41, 5.74) is 0.391. The van der Waals surface area contributed by atoms with Crippen LogP contribution in [0.1, 0.15) is 28.4 Å². The minimum Gasteiger partial charge on any atom is -0.465 e. The second-order valence-electron chi connectivity index (χ2n) is 6.60. The first kappa shape index (κ1) is 16.2. The number of amides is 1. The van der Waals surface area contributed by atoms with E-state index in [2.05, 4.69) is 14.9 Å². The zero-order valence-electron chi connectivity index (χ0n) is 14.3. The van der Waals surface area contributed by atoms with E-state index in [-0.39, 0.29) is 18.1 Å². The first-order valence-electron chi connectivity index (χ1n) is 8.67. The van der Waals surface area contributed by atoms with Gasteiger partial charge in [-0.05, 0) is 25.5 Å². The molecule has 0 saturated carbocycles. The van der Waals surface area contributed by atoms with Gasteiger partial charge in [-0.25, -0.2) is 4.98 Å². The van der Waals surface area contributed by atoms with Crippen molar-refractivity contribution in [1.29, 1.82) is 0 Å². The molecule has 25 heavy (non-hydrogen) atoms. The predicted molar refractivity (Wildman–Crippen MR) is 89.9 cm³/mol. The van der Waals surface area contributed by atoms with Crippen molar-refractivity contribution >= 4 is 5.91 Å². The molecule has 132 valence electrons. The Morgan fingerprint density at radius 2 is 2.24 bits per heavy atom. The van der Waals surface area contributed by atoms with Gasteiger partial charge < -0.3 is 14.1 Å². The molecule has 4 rings (SSSR count). The van der Waals surface area contributed by atoms with E-state index in [4.69, 9.17) is 9.15 Å².